The lowest BCUT2D eigenvalue weighted by Crippen LogP contribution is -2.25. The lowest BCUT2D eigenvalue weighted by atomic mass is 10.1. The Hall–Kier alpha value is -1.35. The lowest BCUT2D eigenvalue weighted by molar-refractivity contribution is -0.0647. The molecule has 3 aliphatic rings. The molecule has 0 spiro atoms. The maximum Gasteiger partial charge on any atom is 0.163 e. The molecule has 3 nitrogen and oxygen atoms in total. The van der Waals surface area contributed by atoms with E-state index in [1.807, 2.05) is 12.1 Å². The molecule has 2 heterocycles. The minimum Gasteiger partial charge on any atom is -0.496 e. The SMILES string of the molecule is C1CC2CC1O2.COc1ccccc1C(C)=O. The van der Waals surface area contributed by atoms with Crippen molar-refractivity contribution in [3.63, 3.8) is 0 Å². The van der Waals surface area contributed by atoms with Crippen LogP contribution in [0.15, 0.2) is 24.3 Å². The zero-order valence-electron chi connectivity index (χ0n) is 10.3. The number of benzene rings is 1. The van der Waals surface area contributed by atoms with Gasteiger partial charge in [0, 0.05) is 0 Å². The third kappa shape index (κ3) is 2.86. The van der Waals surface area contributed by atoms with E-state index in [2.05, 4.69) is 0 Å². The van der Waals surface area contributed by atoms with Gasteiger partial charge in [-0.2, -0.15) is 0 Å². The molecule has 1 aliphatic carbocycles. The van der Waals surface area contributed by atoms with E-state index in [1.165, 1.54) is 26.2 Å². The Kier molecular flexibility index (Phi) is 3.79. The van der Waals surface area contributed by atoms with Crippen LogP contribution in [-0.4, -0.2) is 25.1 Å². The molecule has 2 aliphatic heterocycles. The van der Waals surface area contributed by atoms with Gasteiger partial charge in [0.1, 0.15) is 5.75 Å². The minimum atomic E-state index is 0.0300. The summed E-state index contributed by atoms with van der Waals surface area (Å²) < 4.78 is 10.2. The fourth-order valence-electron chi connectivity index (χ4n) is 2.23. The molecule has 92 valence electrons. The number of Topliss-reactive ketones (excluding diaryl/α,β-unsaturated/α-hetero) is 1. The zero-order chi connectivity index (χ0) is 12.3. The third-order valence-corrected chi connectivity index (χ3v) is 3.21. The average Bonchev–Trinajstić information content (AvgIpc) is 2.93. The highest BCUT2D eigenvalue weighted by atomic mass is 16.5. The van der Waals surface area contributed by atoms with Crippen molar-refractivity contribution in [1.29, 1.82) is 0 Å². The maximum absolute atomic E-state index is 10.9. The zero-order valence-corrected chi connectivity index (χ0v) is 10.3. The number of hydrogen-bond donors (Lipinski definition) is 0. The average molecular weight is 234 g/mol. The van der Waals surface area contributed by atoms with Crippen molar-refractivity contribution in [2.45, 2.75) is 38.4 Å². The number of para-hydroxylation sites is 1. The first-order chi connectivity index (χ1) is 8.20. The molecule has 2 atom stereocenters. The van der Waals surface area contributed by atoms with Crippen molar-refractivity contribution in [1.82, 2.24) is 0 Å². The molecular formula is C14H18O3. The molecule has 0 aromatic heterocycles. The van der Waals surface area contributed by atoms with Gasteiger partial charge in [-0.05, 0) is 38.3 Å². The monoisotopic (exact) mass is 234 g/mol. The lowest BCUT2D eigenvalue weighted by Gasteiger charge is -2.23. The highest BCUT2D eigenvalue weighted by molar-refractivity contribution is 5.96. The summed E-state index contributed by atoms with van der Waals surface area (Å²) in [5, 5.41) is 0. The molecule has 1 aromatic rings. The molecule has 0 radical (unpaired) electrons. The van der Waals surface area contributed by atoms with Crippen LogP contribution in [0.2, 0.25) is 0 Å². The summed E-state index contributed by atoms with van der Waals surface area (Å²) in [4.78, 5) is 10.9. The number of fused-ring (bicyclic) bond motifs is 1. The number of ketones is 1. The van der Waals surface area contributed by atoms with Gasteiger partial charge in [-0.3, -0.25) is 4.79 Å². The standard InChI is InChI=1S/C9H10O2.C5H8O/c1-7(10)8-5-3-4-6-9(8)11-2;1-2-5-3-4(1)6-5/h3-6H,1-2H3;4-5H,1-3H2. The normalized spacial score (nSPS) is 24.4. The molecule has 1 aromatic carbocycles. The quantitative estimate of drug-likeness (QED) is 0.738. The summed E-state index contributed by atoms with van der Waals surface area (Å²) in [5.74, 6) is 0.669. The van der Waals surface area contributed by atoms with Crippen LogP contribution in [0, 0.1) is 0 Å². The molecule has 2 saturated heterocycles. The molecule has 2 bridgehead atoms. The van der Waals surface area contributed by atoms with Gasteiger partial charge in [-0.25, -0.2) is 0 Å². The van der Waals surface area contributed by atoms with Gasteiger partial charge in [0.2, 0.25) is 0 Å². The first-order valence-corrected chi connectivity index (χ1v) is 6.00. The van der Waals surface area contributed by atoms with Gasteiger partial charge in [0.05, 0.1) is 24.9 Å². The first-order valence-electron chi connectivity index (χ1n) is 6.00. The van der Waals surface area contributed by atoms with E-state index in [0.717, 1.165) is 0 Å². The Balaban J connectivity index is 0.000000148. The van der Waals surface area contributed by atoms with E-state index in [-0.39, 0.29) is 5.78 Å². The third-order valence-electron chi connectivity index (χ3n) is 3.21. The topological polar surface area (TPSA) is 35.5 Å². The van der Waals surface area contributed by atoms with Crippen molar-refractivity contribution < 1.29 is 14.3 Å². The Bertz CT molecular complexity index is 381. The Labute approximate surface area is 102 Å². The van der Waals surface area contributed by atoms with Gasteiger partial charge < -0.3 is 9.47 Å². The van der Waals surface area contributed by atoms with Crippen molar-refractivity contribution in [3.05, 3.63) is 29.8 Å². The molecule has 3 fully saturated rings. The molecule has 0 amide bonds. The maximum atomic E-state index is 10.9. The van der Waals surface area contributed by atoms with Gasteiger partial charge in [0.15, 0.2) is 5.78 Å². The summed E-state index contributed by atoms with van der Waals surface area (Å²) in [6, 6.07) is 7.18. The number of rotatable bonds is 2. The first kappa shape index (κ1) is 12.1. The highest BCUT2D eigenvalue weighted by Gasteiger charge is 2.36. The largest absolute Gasteiger partial charge is 0.496 e. The molecular weight excluding hydrogens is 216 g/mol. The second-order valence-corrected chi connectivity index (χ2v) is 4.45. The molecule has 2 unspecified atom stereocenters. The van der Waals surface area contributed by atoms with Crippen molar-refractivity contribution in [3.8, 4) is 5.75 Å². The minimum absolute atomic E-state index is 0.0300. The number of carbonyl (C=O) groups is 1. The second kappa shape index (κ2) is 5.32. The summed E-state index contributed by atoms with van der Waals surface area (Å²) in [7, 11) is 1.56. The fraction of sp³-hybridized carbons (Fsp3) is 0.500. The van der Waals surface area contributed by atoms with Crippen LogP contribution >= 0.6 is 0 Å². The van der Waals surface area contributed by atoms with E-state index in [4.69, 9.17) is 9.47 Å². The van der Waals surface area contributed by atoms with E-state index < -0.39 is 0 Å². The smallest absolute Gasteiger partial charge is 0.163 e. The summed E-state index contributed by atoms with van der Waals surface area (Å²) >= 11 is 0. The van der Waals surface area contributed by atoms with Crippen LogP contribution in [0.25, 0.3) is 0 Å². The van der Waals surface area contributed by atoms with Gasteiger partial charge in [-0.1, -0.05) is 12.1 Å². The van der Waals surface area contributed by atoms with Crippen LogP contribution < -0.4 is 4.74 Å². The number of ether oxygens (including phenoxy) is 2. The number of carbonyl (C=O) groups excluding carboxylic acids is 1. The Morgan fingerprint density at radius 2 is 1.88 bits per heavy atom. The summed E-state index contributed by atoms with van der Waals surface area (Å²) in [6.45, 7) is 1.53. The van der Waals surface area contributed by atoms with Crippen LogP contribution in [0.3, 0.4) is 0 Å². The van der Waals surface area contributed by atoms with Crippen LogP contribution in [-0.2, 0) is 4.74 Å². The summed E-state index contributed by atoms with van der Waals surface area (Å²) in [5.41, 5.74) is 0.634. The Morgan fingerprint density at radius 3 is 2.24 bits per heavy atom. The van der Waals surface area contributed by atoms with E-state index in [9.17, 15) is 4.79 Å². The highest BCUT2D eigenvalue weighted by Crippen LogP contribution is 2.36. The predicted molar refractivity (Wildman–Crippen MR) is 65.5 cm³/mol. The van der Waals surface area contributed by atoms with Gasteiger partial charge >= 0.3 is 0 Å². The van der Waals surface area contributed by atoms with Crippen molar-refractivity contribution in [2.75, 3.05) is 7.11 Å². The molecule has 0 N–H and O–H groups in total. The van der Waals surface area contributed by atoms with Crippen molar-refractivity contribution in [2.24, 2.45) is 0 Å². The van der Waals surface area contributed by atoms with Crippen LogP contribution in [0.4, 0.5) is 0 Å². The predicted octanol–water partition coefficient (Wildman–Crippen LogP) is 2.84. The van der Waals surface area contributed by atoms with E-state index in [0.29, 0.717) is 23.5 Å². The van der Waals surface area contributed by atoms with Crippen LogP contribution in [0.5, 0.6) is 5.75 Å². The molecule has 4 rings (SSSR count). The number of methoxy groups -OCH3 is 1. The van der Waals surface area contributed by atoms with Crippen molar-refractivity contribution >= 4 is 5.78 Å². The molecule has 17 heavy (non-hydrogen) atoms. The second-order valence-electron chi connectivity index (χ2n) is 4.45. The Morgan fingerprint density at radius 1 is 1.29 bits per heavy atom. The molecule has 3 heteroatoms. The van der Waals surface area contributed by atoms with Gasteiger partial charge in [-0.15, -0.1) is 0 Å². The fourth-order valence-corrected chi connectivity index (χ4v) is 2.23. The van der Waals surface area contributed by atoms with E-state index >= 15 is 0 Å². The van der Waals surface area contributed by atoms with Gasteiger partial charge in [0.25, 0.3) is 0 Å². The number of hydrogen-bond acceptors (Lipinski definition) is 3. The van der Waals surface area contributed by atoms with E-state index in [1.54, 1.807) is 19.2 Å². The molecule has 1 saturated carbocycles. The summed E-state index contributed by atoms with van der Waals surface area (Å²) in [6.07, 6.45) is 5.42. The van der Waals surface area contributed by atoms with Crippen LogP contribution in [0.1, 0.15) is 36.5 Å².